The zero-order valence-electron chi connectivity index (χ0n) is 18.3. The molecule has 2 aliphatic rings. The van der Waals surface area contributed by atoms with Crippen LogP contribution < -0.4 is 0 Å². The second-order valence-corrected chi connectivity index (χ2v) is 7.95. The van der Waals surface area contributed by atoms with Crippen LogP contribution in [0.5, 0.6) is 0 Å². The molecule has 2 aromatic carbocycles. The number of hydrazine groups is 1. The molecule has 176 valence electrons. The Morgan fingerprint density at radius 3 is 2.09 bits per heavy atom. The summed E-state index contributed by atoms with van der Waals surface area (Å²) in [5, 5.41) is 11.3. The lowest BCUT2D eigenvalue weighted by molar-refractivity contribution is -0.148. The predicted octanol–water partition coefficient (Wildman–Crippen LogP) is 2.30. The zero-order chi connectivity index (χ0) is 24.2. The first kappa shape index (κ1) is 23.0. The summed E-state index contributed by atoms with van der Waals surface area (Å²) in [5.74, 6) is -2.64. The summed E-state index contributed by atoms with van der Waals surface area (Å²) in [6.07, 6.45) is -1.32. The van der Waals surface area contributed by atoms with Crippen molar-refractivity contribution in [1.29, 1.82) is 0 Å². The Kier molecular flexibility index (Phi) is 6.58. The van der Waals surface area contributed by atoms with Crippen molar-refractivity contribution in [3.8, 4) is 0 Å². The number of carbonyl (C=O) groups excluding carboxylic acids is 4. The fourth-order valence-electron chi connectivity index (χ4n) is 4.13. The number of hydrogen-bond acceptors (Lipinski definition) is 6. The highest BCUT2D eigenvalue weighted by atomic mass is 16.5. The minimum absolute atomic E-state index is 0.0459. The summed E-state index contributed by atoms with van der Waals surface area (Å²) >= 11 is 0. The minimum atomic E-state index is -1.35. The molecule has 1 unspecified atom stereocenters. The van der Waals surface area contributed by atoms with E-state index in [1.807, 2.05) is 18.2 Å². The maximum atomic E-state index is 13.4. The van der Waals surface area contributed by atoms with Crippen LogP contribution in [0.25, 0.3) is 0 Å². The zero-order valence-corrected chi connectivity index (χ0v) is 18.3. The number of carboxylic acid groups (broad SMARTS) is 1. The molecule has 1 N–H and O–H groups in total. The Morgan fingerprint density at radius 1 is 0.882 bits per heavy atom. The van der Waals surface area contributed by atoms with Crippen LogP contribution in [0.1, 0.15) is 45.5 Å². The largest absolute Gasteiger partial charge is 0.464 e. The van der Waals surface area contributed by atoms with E-state index in [9.17, 15) is 29.1 Å². The summed E-state index contributed by atoms with van der Waals surface area (Å²) in [6.45, 7) is 0.294. The number of rotatable bonds is 7. The minimum Gasteiger partial charge on any atom is -0.464 e. The third-order valence-electron chi connectivity index (χ3n) is 5.79. The summed E-state index contributed by atoms with van der Waals surface area (Å²) in [6, 6.07) is 13.9. The predicted molar refractivity (Wildman–Crippen MR) is 117 cm³/mol. The number of carbonyl (C=O) groups is 5. The quantitative estimate of drug-likeness (QED) is 0.491. The summed E-state index contributed by atoms with van der Waals surface area (Å²) in [7, 11) is 0. The van der Waals surface area contributed by atoms with E-state index in [1.54, 1.807) is 24.3 Å². The highest BCUT2D eigenvalue weighted by Crippen LogP contribution is 2.28. The smallest absolute Gasteiger partial charge is 0.426 e. The first-order chi connectivity index (χ1) is 16.4. The second-order valence-electron chi connectivity index (χ2n) is 7.95. The molecular formula is C24H23N3O7. The number of imide groups is 1. The Hall–Kier alpha value is -4.21. The third kappa shape index (κ3) is 4.47. The van der Waals surface area contributed by atoms with Gasteiger partial charge in [0, 0.05) is 19.5 Å². The van der Waals surface area contributed by atoms with Gasteiger partial charge in [0.1, 0.15) is 12.6 Å². The molecular weight excluding hydrogens is 442 g/mol. The molecule has 0 saturated carbocycles. The van der Waals surface area contributed by atoms with E-state index < -0.39 is 35.8 Å². The molecule has 1 atom stereocenters. The Balaban J connectivity index is 1.53. The van der Waals surface area contributed by atoms with Gasteiger partial charge in [-0.15, -0.1) is 0 Å². The van der Waals surface area contributed by atoms with E-state index in [-0.39, 0.29) is 43.7 Å². The van der Waals surface area contributed by atoms with Crippen LogP contribution in [0.4, 0.5) is 4.79 Å². The van der Waals surface area contributed by atoms with Crippen molar-refractivity contribution in [2.24, 2.45) is 0 Å². The monoisotopic (exact) mass is 465 g/mol. The van der Waals surface area contributed by atoms with Crippen LogP contribution in [-0.4, -0.2) is 68.9 Å². The van der Waals surface area contributed by atoms with Crippen molar-refractivity contribution < 1.29 is 33.8 Å². The van der Waals surface area contributed by atoms with Gasteiger partial charge in [0.05, 0.1) is 11.1 Å². The summed E-state index contributed by atoms with van der Waals surface area (Å²) in [4.78, 5) is 64.2. The number of amides is 4. The lowest BCUT2D eigenvalue weighted by Crippen LogP contribution is -2.55. The van der Waals surface area contributed by atoms with Crippen molar-refractivity contribution in [2.45, 2.75) is 31.9 Å². The summed E-state index contributed by atoms with van der Waals surface area (Å²) < 4.78 is 5.26. The van der Waals surface area contributed by atoms with Gasteiger partial charge < -0.3 is 9.84 Å². The fraction of sp³-hybridized carbons (Fsp3) is 0.292. The molecule has 0 aromatic heterocycles. The van der Waals surface area contributed by atoms with Gasteiger partial charge >= 0.3 is 12.1 Å². The molecule has 10 nitrogen and oxygen atoms in total. The van der Waals surface area contributed by atoms with Crippen LogP contribution in [0, 0.1) is 0 Å². The number of hydrogen-bond donors (Lipinski definition) is 1. The molecule has 0 bridgehead atoms. The number of nitrogens with zero attached hydrogens (tertiary/aromatic N) is 3. The molecule has 4 rings (SSSR count). The van der Waals surface area contributed by atoms with Crippen molar-refractivity contribution in [3.05, 3.63) is 71.3 Å². The molecule has 0 aliphatic carbocycles. The summed E-state index contributed by atoms with van der Waals surface area (Å²) in [5.41, 5.74) is 1.11. The van der Waals surface area contributed by atoms with Gasteiger partial charge in [-0.3, -0.25) is 24.1 Å². The van der Waals surface area contributed by atoms with E-state index in [2.05, 4.69) is 0 Å². The lowest BCUT2D eigenvalue weighted by Gasteiger charge is -2.32. The van der Waals surface area contributed by atoms with Gasteiger partial charge in [-0.05, 0) is 30.5 Å². The van der Waals surface area contributed by atoms with Gasteiger partial charge in [0.15, 0.2) is 0 Å². The van der Waals surface area contributed by atoms with Crippen molar-refractivity contribution in [2.75, 3.05) is 13.1 Å². The van der Waals surface area contributed by atoms with Crippen molar-refractivity contribution >= 4 is 29.8 Å². The highest BCUT2D eigenvalue weighted by Gasteiger charge is 2.46. The molecule has 1 fully saturated rings. The van der Waals surface area contributed by atoms with E-state index in [0.29, 0.717) is 6.42 Å². The first-order valence-corrected chi connectivity index (χ1v) is 10.9. The van der Waals surface area contributed by atoms with E-state index in [1.165, 1.54) is 12.1 Å². The van der Waals surface area contributed by atoms with Crippen LogP contribution in [0.2, 0.25) is 0 Å². The van der Waals surface area contributed by atoms with Gasteiger partial charge in [-0.2, -0.15) is 0 Å². The van der Waals surface area contributed by atoms with E-state index >= 15 is 0 Å². The van der Waals surface area contributed by atoms with E-state index in [0.717, 1.165) is 20.5 Å². The molecule has 4 amide bonds. The molecule has 34 heavy (non-hydrogen) atoms. The van der Waals surface area contributed by atoms with E-state index in [4.69, 9.17) is 4.74 Å². The topological polar surface area (TPSA) is 125 Å². The van der Waals surface area contributed by atoms with Crippen LogP contribution in [0.3, 0.4) is 0 Å². The van der Waals surface area contributed by atoms with Crippen LogP contribution in [0.15, 0.2) is 54.6 Å². The molecule has 2 aromatic rings. The molecule has 0 radical (unpaired) electrons. The maximum Gasteiger partial charge on any atom is 0.426 e. The molecule has 1 saturated heterocycles. The Morgan fingerprint density at radius 2 is 1.47 bits per heavy atom. The SMILES string of the molecule is O=C(CCC(C(=O)N1CCCN1C(=O)O)N1C(=O)c2ccccc2C1=O)OCc1ccccc1. The normalized spacial score (nSPS) is 15.9. The average Bonchev–Trinajstić information content (AvgIpc) is 3.43. The average molecular weight is 465 g/mol. The van der Waals surface area contributed by atoms with Crippen molar-refractivity contribution in [1.82, 2.24) is 14.9 Å². The van der Waals surface area contributed by atoms with Gasteiger partial charge in [0.2, 0.25) is 0 Å². The Bertz CT molecular complexity index is 1100. The molecule has 2 aliphatic heterocycles. The van der Waals surface area contributed by atoms with Gasteiger partial charge in [-0.1, -0.05) is 42.5 Å². The van der Waals surface area contributed by atoms with Gasteiger partial charge in [-0.25, -0.2) is 14.8 Å². The number of fused-ring (bicyclic) bond motifs is 1. The van der Waals surface area contributed by atoms with Crippen LogP contribution >= 0.6 is 0 Å². The molecule has 0 spiro atoms. The fourth-order valence-corrected chi connectivity index (χ4v) is 4.13. The second kappa shape index (κ2) is 9.74. The first-order valence-electron chi connectivity index (χ1n) is 10.9. The number of esters is 1. The lowest BCUT2D eigenvalue weighted by atomic mass is 10.1. The highest BCUT2D eigenvalue weighted by molar-refractivity contribution is 6.22. The molecule has 2 heterocycles. The van der Waals surface area contributed by atoms with Crippen molar-refractivity contribution in [3.63, 3.8) is 0 Å². The van der Waals surface area contributed by atoms with Gasteiger partial charge in [0.25, 0.3) is 17.7 Å². The van der Waals surface area contributed by atoms with Crippen LogP contribution in [-0.2, 0) is 20.9 Å². The maximum absolute atomic E-state index is 13.4. The standard InChI is InChI=1S/C24H23N3O7/c28-20(34-15-16-7-2-1-3-8-16)12-11-19(23(31)25-13-6-14-26(25)24(32)33)27-21(29)17-9-4-5-10-18(17)22(27)30/h1-5,7-10,19H,6,11-15H2,(H,32,33). The Labute approximate surface area is 195 Å². The third-order valence-corrected chi connectivity index (χ3v) is 5.79. The number of benzene rings is 2. The number of ether oxygens (including phenoxy) is 1. The molecule has 10 heteroatoms.